The first-order chi connectivity index (χ1) is 16.2. The van der Waals surface area contributed by atoms with Gasteiger partial charge in [-0.15, -0.1) is 0 Å². The van der Waals surface area contributed by atoms with E-state index in [1.54, 1.807) is 30.3 Å². The van der Waals surface area contributed by atoms with Crippen molar-refractivity contribution in [2.24, 2.45) is 0 Å². The van der Waals surface area contributed by atoms with Crippen molar-refractivity contribution in [2.75, 3.05) is 23.8 Å². The molecule has 0 bridgehead atoms. The lowest BCUT2D eigenvalue weighted by molar-refractivity contribution is -0.118. The molecule has 0 aliphatic rings. The molecule has 6 nitrogen and oxygen atoms in total. The number of carbonyl (C=O) groups excluding carboxylic acids is 2. The second-order valence-corrected chi connectivity index (χ2v) is 9.37. The van der Waals surface area contributed by atoms with E-state index in [2.05, 4.69) is 36.7 Å². The molecule has 0 saturated heterocycles. The van der Waals surface area contributed by atoms with Gasteiger partial charge in [0.25, 0.3) is 5.91 Å². The van der Waals surface area contributed by atoms with E-state index in [0.29, 0.717) is 23.0 Å². The van der Waals surface area contributed by atoms with Crippen LogP contribution in [0.2, 0.25) is 5.02 Å². The van der Waals surface area contributed by atoms with Gasteiger partial charge in [-0.2, -0.15) is 0 Å². The number of ether oxygens (including phenoxy) is 1. The first kappa shape index (κ1) is 25.3. The normalized spacial score (nSPS) is 11.1. The van der Waals surface area contributed by atoms with Crippen LogP contribution in [0, 0.1) is 0 Å². The lowest BCUT2D eigenvalue weighted by atomic mass is 9.87. The molecule has 0 aliphatic carbocycles. The van der Waals surface area contributed by atoms with Crippen LogP contribution in [0.25, 0.3) is 0 Å². The number of amides is 2. The summed E-state index contributed by atoms with van der Waals surface area (Å²) in [6.07, 6.45) is 0. The summed E-state index contributed by atoms with van der Waals surface area (Å²) in [5, 5.41) is 9.38. The number of hydrogen-bond acceptors (Lipinski definition) is 4. The van der Waals surface area contributed by atoms with Gasteiger partial charge >= 0.3 is 0 Å². The van der Waals surface area contributed by atoms with E-state index in [4.69, 9.17) is 16.3 Å². The first-order valence-electron chi connectivity index (χ1n) is 11.1. The van der Waals surface area contributed by atoms with Gasteiger partial charge in [0.2, 0.25) is 5.91 Å². The summed E-state index contributed by atoms with van der Waals surface area (Å²) < 4.78 is 5.71. The highest BCUT2D eigenvalue weighted by Gasteiger charge is 2.13. The van der Waals surface area contributed by atoms with E-state index in [9.17, 15) is 9.59 Å². The molecule has 0 fully saturated rings. The van der Waals surface area contributed by atoms with Crippen molar-refractivity contribution in [3.05, 3.63) is 88.9 Å². The van der Waals surface area contributed by atoms with Crippen LogP contribution in [0.3, 0.4) is 0 Å². The predicted molar refractivity (Wildman–Crippen MR) is 137 cm³/mol. The molecule has 0 heterocycles. The van der Waals surface area contributed by atoms with Gasteiger partial charge in [0, 0.05) is 28.5 Å². The summed E-state index contributed by atoms with van der Waals surface area (Å²) in [6.45, 7) is 6.89. The largest absolute Gasteiger partial charge is 0.483 e. The average Bonchev–Trinajstić information content (AvgIpc) is 2.80. The molecule has 3 N–H and O–H groups in total. The average molecular weight is 480 g/mol. The molecule has 0 unspecified atom stereocenters. The van der Waals surface area contributed by atoms with Crippen molar-refractivity contribution in [1.82, 2.24) is 5.32 Å². The Bertz CT molecular complexity index is 1110. The van der Waals surface area contributed by atoms with Crippen molar-refractivity contribution in [1.29, 1.82) is 0 Å². The van der Waals surface area contributed by atoms with Gasteiger partial charge in [0.05, 0.1) is 6.54 Å². The van der Waals surface area contributed by atoms with Crippen LogP contribution in [-0.4, -0.2) is 25.0 Å². The summed E-state index contributed by atoms with van der Waals surface area (Å²) >= 11 is 5.86. The Kier molecular flexibility index (Phi) is 8.68. The third-order valence-corrected chi connectivity index (χ3v) is 5.35. The van der Waals surface area contributed by atoms with Crippen LogP contribution in [0.1, 0.15) is 31.9 Å². The monoisotopic (exact) mass is 479 g/mol. The zero-order valence-corrected chi connectivity index (χ0v) is 20.4. The fourth-order valence-electron chi connectivity index (χ4n) is 3.23. The lowest BCUT2D eigenvalue weighted by Crippen LogP contribution is -2.28. The third kappa shape index (κ3) is 7.90. The Morgan fingerprint density at radius 3 is 2.06 bits per heavy atom. The molecule has 0 aromatic heterocycles. The molecule has 3 aromatic carbocycles. The van der Waals surface area contributed by atoms with E-state index >= 15 is 0 Å². The molecule has 0 radical (unpaired) electrons. The van der Waals surface area contributed by atoms with Crippen LogP contribution in [0.15, 0.2) is 72.8 Å². The molecule has 0 atom stereocenters. The minimum absolute atomic E-state index is 0.0656. The van der Waals surface area contributed by atoms with Crippen LogP contribution in [0.5, 0.6) is 5.75 Å². The zero-order chi connectivity index (χ0) is 24.6. The maximum atomic E-state index is 12.3. The standard InChI is InChI=1S/C27H30ClN3O3/c1-27(2,3)20-8-12-22(13-9-20)30-25(32)17-29-16-19-6-4-5-7-24(19)34-18-26(33)31-23-14-10-21(28)11-15-23/h4-15,29H,16-18H2,1-3H3,(H,30,32)(H,31,33). The van der Waals surface area contributed by atoms with E-state index < -0.39 is 0 Å². The Hall–Kier alpha value is -3.35. The van der Waals surface area contributed by atoms with Crippen molar-refractivity contribution in [3.8, 4) is 5.75 Å². The molecule has 0 spiro atoms. The topological polar surface area (TPSA) is 79.5 Å². The van der Waals surface area contributed by atoms with Crippen LogP contribution >= 0.6 is 11.6 Å². The predicted octanol–water partition coefficient (Wildman–Crippen LogP) is 5.38. The van der Waals surface area contributed by atoms with Crippen LogP contribution < -0.4 is 20.7 Å². The number of para-hydroxylation sites is 1. The summed E-state index contributed by atoms with van der Waals surface area (Å²) in [5.74, 6) is 0.172. The summed E-state index contributed by atoms with van der Waals surface area (Å²) in [5.41, 5.74) is 3.53. The molecular formula is C27H30ClN3O3. The highest BCUT2D eigenvalue weighted by Crippen LogP contribution is 2.23. The Morgan fingerprint density at radius 2 is 1.41 bits per heavy atom. The quantitative estimate of drug-likeness (QED) is 0.385. The number of benzene rings is 3. The second kappa shape index (κ2) is 11.7. The Balaban J connectivity index is 1.45. The van der Waals surface area contributed by atoms with Crippen molar-refractivity contribution in [3.63, 3.8) is 0 Å². The third-order valence-electron chi connectivity index (χ3n) is 5.10. The number of rotatable bonds is 9. The SMILES string of the molecule is CC(C)(C)c1ccc(NC(=O)CNCc2ccccc2OCC(=O)Nc2ccc(Cl)cc2)cc1. The Morgan fingerprint density at radius 1 is 0.824 bits per heavy atom. The molecule has 0 aliphatic heterocycles. The van der Waals surface area contributed by atoms with E-state index in [1.807, 2.05) is 42.5 Å². The van der Waals surface area contributed by atoms with Crippen molar-refractivity contribution in [2.45, 2.75) is 32.7 Å². The molecule has 7 heteroatoms. The minimum atomic E-state index is -0.276. The van der Waals surface area contributed by atoms with Gasteiger partial charge < -0.3 is 20.7 Å². The lowest BCUT2D eigenvalue weighted by Gasteiger charge is -2.19. The van der Waals surface area contributed by atoms with Gasteiger partial charge in [0.1, 0.15) is 5.75 Å². The molecule has 0 saturated carbocycles. The summed E-state index contributed by atoms with van der Waals surface area (Å²) in [4.78, 5) is 24.5. The summed E-state index contributed by atoms with van der Waals surface area (Å²) in [7, 11) is 0. The number of anilines is 2. The van der Waals surface area contributed by atoms with E-state index in [0.717, 1.165) is 11.3 Å². The number of nitrogens with one attached hydrogen (secondary N) is 3. The molecule has 3 aromatic rings. The van der Waals surface area contributed by atoms with Gasteiger partial charge in [-0.3, -0.25) is 9.59 Å². The van der Waals surface area contributed by atoms with Crippen LogP contribution in [0.4, 0.5) is 11.4 Å². The molecule has 2 amide bonds. The van der Waals surface area contributed by atoms with Gasteiger partial charge in [-0.25, -0.2) is 0 Å². The molecule has 178 valence electrons. The second-order valence-electron chi connectivity index (χ2n) is 8.93. The van der Waals surface area contributed by atoms with Crippen molar-refractivity contribution >= 4 is 34.8 Å². The number of hydrogen-bond donors (Lipinski definition) is 3. The summed E-state index contributed by atoms with van der Waals surface area (Å²) in [6, 6.07) is 22.1. The van der Waals surface area contributed by atoms with Crippen LogP contribution in [-0.2, 0) is 21.5 Å². The maximum absolute atomic E-state index is 12.3. The first-order valence-corrected chi connectivity index (χ1v) is 11.5. The van der Waals surface area contributed by atoms with Crippen molar-refractivity contribution < 1.29 is 14.3 Å². The minimum Gasteiger partial charge on any atom is -0.483 e. The number of halogens is 1. The molecule has 3 rings (SSSR count). The smallest absolute Gasteiger partial charge is 0.262 e. The number of carbonyl (C=O) groups is 2. The maximum Gasteiger partial charge on any atom is 0.262 e. The van der Waals surface area contributed by atoms with Gasteiger partial charge in [-0.05, 0) is 53.4 Å². The van der Waals surface area contributed by atoms with Gasteiger partial charge in [-0.1, -0.05) is 62.7 Å². The van der Waals surface area contributed by atoms with E-state index in [1.165, 1.54) is 5.56 Å². The fraction of sp³-hybridized carbons (Fsp3) is 0.259. The zero-order valence-electron chi connectivity index (χ0n) is 19.7. The van der Waals surface area contributed by atoms with Gasteiger partial charge in [0.15, 0.2) is 6.61 Å². The molecular weight excluding hydrogens is 450 g/mol. The highest BCUT2D eigenvalue weighted by molar-refractivity contribution is 6.30. The highest BCUT2D eigenvalue weighted by atomic mass is 35.5. The Labute approximate surface area is 205 Å². The molecule has 34 heavy (non-hydrogen) atoms. The fourth-order valence-corrected chi connectivity index (χ4v) is 3.36. The van der Waals surface area contributed by atoms with E-state index in [-0.39, 0.29) is 30.4 Å².